The molecule has 1 amide bonds. The number of ether oxygens (including phenoxy) is 1. The van der Waals surface area contributed by atoms with E-state index in [1.807, 2.05) is 25.7 Å². The van der Waals surface area contributed by atoms with Crippen molar-refractivity contribution in [1.29, 1.82) is 0 Å². The molecule has 1 aliphatic carbocycles. The highest BCUT2D eigenvalue weighted by atomic mass is 16.6. The van der Waals surface area contributed by atoms with Gasteiger partial charge in [0.25, 0.3) is 0 Å². The van der Waals surface area contributed by atoms with Crippen LogP contribution in [0, 0.1) is 5.41 Å². The van der Waals surface area contributed by atoms with Gasteiger partial charge in [-0.1, -0.05) is 37.3 Å². The summed E-state index contributed by atoms with van der Waals surface area (Å²) in [6.45, 7) is 16.1. The third kappa shape index (κ3) is 4.92. The second-order valence-corrected chi connectivity index (χ2v) is 12.3. The number of benzene rings is 1. The normalized spacial score (nSPS) is 24.8. The van der Waals surface area contributed by atoms with Crippen LogP contribution in [0.25, 0.3) is 0 Å². The van der Waals surface area contributed by atoms with Crippen molar-refractivity contribution < 1.29 is 9.53 Å². The molecule has 35 heavy (non-hydrogen) atoms. The summed E-state index contributed by atoms with van der Waals surface area (Å²) in [5.74, 6) is 1.10. The second-order valence-electron chi connectivity index (χ2n) is 12.3. The van der Waals surface area contributed by atoms with E-state index in [0.717, 1.165) is 64.3 Å². The predicted molar refractivity (Wildman–Crippen MR) is 138 cm³/mol. The van der Waals surface area contributed by atoms with Crippen LogP contribution in [0.2, 0.25) is 0 Å². The van der Waals surface area contributed by atoms with Crippen molar-refractivity contribution in [2.75, 3.05) is 37.6 Å². The molecule has 1 aromatic carbocycles. The van der Waals surface area contributed by atoms with Gasteiger partial charge in [-0.15, -0.1) is 0 Å². The molecule has 0 bridgehead atoms. The van der Waals surface area contributed by atoms with Crippen molar-refractivity contribution in [1.82, 2.24) is 19.6 Å². The number of aromatic nitrogens is 2. The second kappa shape index (κ2) is 8.84. The van der Waals surface area contributed by atoms with E-state index in [0.29, 0.717) is 6.04 Å². The van der Waals surface area contributed by atoms with Gasteiger partial charge >= 0.3 is 6.09 Å². The van der Waals surface area contributed by atoms with Gasteiger partial charge in [-0.25, -0.2) is 4.79 Å². The number of piperazine rings is 1. The van der Waals surface area contributed by atoms with Crippen LogP contribution in [-0.2, 0) is 11.3 Å². The van der Waals surface area contributed by atoms with Gasteiger partial charge in [0, 0.05) is 56.9 Å². The first-order valence-electron chi connectivity index (χ1n) is 13.2. The van der Waals surface area contributed by atoms with E-state index in [2.05, 4.69) is 70.9 Å². The number of likely N-dealkylation sites (tertiary alicyclic amines) is 1. The Hall–Kier alpha value is -2.54. The minimum Gasteiger partial charge on any atom is -0.444 e. The number of anilines is 1. The van der Waals surface area contributed by atoms with E-state index in [4.69, 9.17) is 9.84 Å². The SMILES string of the molecule is CC[C@@]1(C)CN(Cc2ccccc2)CCN1c1ccn(C2CC3(C2)CN(C(=O)OC(C)(C)C)C3)n1. The topological polar surface area (TPSA) is 53.8 Å². The highest BCUT2D eigenvalue weighted by molar-refractivity contribution is 5.69. The van der Waals surface area contributed by atoms with Crippen LogP contribution in [0.5, 0.6) is 0 Å². The zero-order chi connectivity index (χ0) is 24.8. The fourth-order valence-corrected chi connectivity index (χ4v) is 6.11. The minimum absolute atomic E-state index is 0.0644. The highest BCUT2D eigenvalue weighted by Crippen LogP contribution is 2.54. The lowest BCUT2D eigenvalue weighted by Gasteiger charge is -2.58. The van der Waals surface area contributed by atoms with Gasteiger partial charge in [-0.3, -0.25) is 9.58 Å². The van der Waals surface area contributed by atoms with Crippen LogP contribution in [-0.4, -0.2) is 69.5 Å². The van der Waals surface area contributed by atoms with Crippen LogP contribution in [0.4, 0.5) is 10.6 Å². The Balaban J connectivity index is 1.16. The molecule has 1 atom stereocenters. The standard InChI is InChI=1S/C28H41N5O2/c1-6-27(5)19-30(18-22-10-8-7-9-11-22)14-15-32(27)24-12-13-33(29-24)23-16-28(17-23)20-31(21-28)25(34)35-26(2,3)4/h7-13,23H,6,14-21H2,1-5H3/t27-/m0/s1. The van der Waals surface area contributed by atoms with E-state index < -0.39 is 5.60 Å². The maximum atomic E-state index is 12.3. The van der Waals surface area contributed by atoms with Crippen molar-refractivity contribution in [3.63, 3.8) is 0 Å². The van der Waals surface area contributed by atoms with E-state index in [1.165, 1.54) is 5.56 Å². The zero-order valence-corrected chi connectivity index (χ0v) is 22.0. The average Bonchev–Trinajstić information content (AvgIpc) is 3.20. The van der Waals surface area contributed by atoms with Gasteiger partial charge < -0.3 is 14.5 Å². The molecule has 0 unspecified atom stereocenters. The summed E-state index contributed by atoms with van der Waals surface area (Å²) >= 11 is 0. The summed E-state index contributed by atoms with van der Waals surface area (Å²) in [4.78, 5) is 19.2. The molecule has 1 saturated carbocycles. The molecule has 7 heteroatoms. The maximum absolute atomic E-state index is 12.3. The Labute approximate surface area is 210 Å². The summed E-state index contributed by atoms with van der Waals surface area (Å²) in [7, 11) is 0. The van der Waals surface area contributed by atoms with Crippen LogP contribution < -0.4 is 4.90 Å². The van der Waals surface area contributed by atoms with Crippen molar-refractivity contribution >= 4 is 11.9 Å². The van der Waals surface area contributed by atoms with E-state index in [-0.39, 0.29) is 17.0 Å². The zero-order valence-electron chi connectivity index (χ0n) is 22.0. The lowest BCUT2D eigenvalue weighted by atomic mass is 9.61. The van der Waals surface area contributed by atoms with Crippen molar-refractivity contribution in [2.24, 2.45) is 5.41 Å². The quantitative estimate of drug-likeness (QED) is 0.608. The molecule has 0 N–H and O–H groups in total. The number of rotatable bonds is 5. The molecule has 3 fully saturated rings. The number of nitrogens with zero attached hydrogens (tertiary/aromatic N) is 5. The van der Waals surface area contributed by atoms with Crippen molar-refractivity contribution in [3.05, 3.63) is 48.2 Å². The fourth-order valence-electron chi connectivity index (χ4n) is 6.11. The largest absolute Gasteiger partial charge is 0.444 e. The highest BCUT2D eigenvalue weighted by Gasteiger charge is 2.55. The first kappa shape index (κ1) is 24.2. The van der Waals surface area contributed by atoms with Crippen LogP contribution in [0.15, 0.2) is 42.6 Å². The molecular formula is C28H41N5O2. The van der Waals surface area contributed by atoms with Crippen LogP contribution in [0.3, 0.4) is 0 Å². The Morgan fingerprint density at radius 3 is 2.46 bits per heavy atom. The van der Waals surface area contributed by atoms with Gasteiger partial charge in [0.1, 0.15) is 5.60 Å². The van der Waals surface area contributed by atoms with E-state index in [9.17, 15) is 4.79 Å². The Morgan fingerprint density at radius 2 is 1.80 bits per heavy atom. The first-order chi connectivity index (χ1) is 16.6. The van der Waals surface area contributed by atoms with Gasteiger partial charge in [0.15, 0.2) is 5.82 Å². The summed E-state index contributed by atoms with van der Waals surface area (Å²) in [5.41, 5.74) is 1.26. The molecule has 2 aliphatic heterocycles. The molecule has 2 aromatic rings. The Bertz CT molecular complexity index is 1030. The maximum Gasteiger partial charge on any atom is 0.410 e. The van der Waals surface area contributed by atoms with Gasteiger partial charge in [-0.05, 0) is 52.5 Å². The average molecular weight is 480 g/mol. The molecule has 1 aromatic heterocycles. The molecule has 7 nitrogen and oxygen atoms in total. The third-order valence-corrected chi connectivity index (χ3v) is 8.15. The lowest BCUT2D eigenvalue weighted by molar-refractivity contribution is -0.0927. The predicted octanol–water partition coefficient (Wildman–Crippen LogP) is 4.95. The third-order valence-electron chi connectivity index (χ3n) is 8.15. The molecule has 190 valence electrons. The molecule has 3 aliphatic rings. The number of carbonyl (C=O) groups is 1. The number of carbonyl (C=O) groups excluding carboxylic acids is 1. The van der Waals surface area contributed by atoms with Crippen LogP contribution >= 0.6 is 0 Å². The smallest absolute Gasteiger partial charge is 0.410 e. The summed E-state index contributed by atoms with van der Waals surface area (Å²) < 4.78 is 7.69. The van der Waals surface area contributed by atoms with E-state index in [1.54, 1.807) is 0 Å². The molecular weight excluding hydrogens is 438 g/mol. The molecule has 5 rings (SSSR count). The number of hydrogen-bond acceptors (Lipinski definition) is 5. The van der Waals surface area contributed by atoms with Gasteiger partial charge in [0.05, 0.1) is 11.6 Å². The van der Waals surface area contributed by atoms with Crippen molar-refractivity contribution in [3.8, 4) is 0 Å². The summed E-state index contributed by atoms with van der Waals surface area (Å²) in [6.07, 6.45) is 5.23. The van der Waals surface area contributed by atoms with Crippen molar-refractivity contribution in [2.45, 2.75) is 77.6 Å². The molecule has 0 radical (unpaired) electrons. The fraction of sp³-hybridized carbons (Fsp3) is 0.643. The Morgan fingerprint density at radius 1 is 1.09 bits per heavy atom. The molecule has 2 saturated heterocycles. The van der Waals surface area contributed by atoms with E-state index >= 15 is 0 Å². The van der Waals surface area contributed by atoms with Crippen LogP contribution in [0.1, 0.15) is 65.5 Å². The summed E-state index contributed by atoms with van der Waals surface area (Å²) in [5, 5.41) is 5.05. The number of amides is 1. The molecule has 3 heterocycles. The minimum atomic E-state index is -0.437. The summed E-state index contributed by atoms with van der Waals surface area (Å²) in [6, 6.07) is 13.4. The van der Waals surface area contributed by atoms with Gasteiger partial charge in [-0.2, -0.15) is 5.10 Å². The van der Waals surface area contributed by atoms with Gasteiger partial charge in [0.2, 0.25) is 0 Å². The lowest BCUT2D eigenvalue weighted by Crippen LogP contribution is -2.64. The monoisotopic (exact) mass is 479 g/mol. The Kier molecular flexibility index (Phi) is 6.10. The number of hydrogen-bond donors (Lipinski definition) is 0. The first-order valence-corrected chi connectivity index (χ1v) is 13.2. The molecule has 1 spiro atoms.